The molecule has 2 rings (SSSR count). The van der Waals surface area contributed by atoms with E-state index in [1.54, 1.807) is 25.1 Å². The van der Waals surface area contributed by atoms with E-state index in [1.807, 2.05) is 6.07 Å². The number of aryl methyl sites for hydroxylation is 1. The van der Waals surface area contributed by atoms with Gasteiger partial charge in [0.25, 0.3) is 0 Å². The van der Waals surface area contributed by atoms with E-state index in [9.17, 15) is 4.79 Å². The van der Waals surface area contributed by atoms with Crippen LogP contribution in [0.5, 0.6) is 5.75 Å². The van der Waals surface area contributed by atoms with Crippen molar-refractivity contribution in [1.29, 1.82) is 5.26 Å². The summed E-state index contributed by atoms with van der Waals surface area (Å²) in [7, 11) is 1.49. The van der Waals surface area contributed by atoms with Crippen molar-refractivity contribution in [3.8, 4) is 11.8 Å². The van der Waals surface area contributed by atoms with Gasteiger partial charge in [0.1, 0.15) is 17.4 Å². The first-order valence-electron chi connectivity index (χ1n) is 4.68. The van der Waals surface area contributed by atoms with Crippen molar-refractivity contribution in [3.63, 3.8) is 0 Å². The zero-order valence-corrected chi connectivity index (χ0v) is 8.90. The average molecular weight is 215 g/mol. The maximum absolute atomic E-state index is 11.3. The van der Waals surface area contributed by atoms with Crippen molar-refractivity contribution in [3.05, 3.63) is 39.7 Å². The molecule has 0 bridgehead atoms. The molecule has 1 aromatic heterocycles. The second kappa shape index (κ2) is 3.70. The molecule has 0 aliphatic rings. The first-order chi connectivity index (χ1) is 7.65. The highest BCUT2D eigenvalue weighted by Gasteiger charge is 2.08. The van der Waals surface area contributed by atoms with Crippen molar-refractivity contribution in [2.24, 2.45) is 0 Å². The molecule has 1 aromatic carbocycles. The third-order valence-electron chi connectivity index (χ3n) is 2.36. The molecule has 0 saturated heterocycles. The summed E-state index contributed by atoms with van der Waals surface area (Å²) in [5.74, 6) is 0.496. The van der Waals surface area contributed by atoms with Crippen molar-refractivity contribution in [2.45, 2.75) is 6.92 Å². The van der Waals surface area contributed by atoms with E-state index in [-0.39, 0.29) is 0 Å². The fourth-order valence-electron chi connectivity index (χ4n) is 1.50. The Hall–Kier alpha value is -2.28. The molecule has 2 aromatic rings. The van der Waals surface area contributed by atoms with Crippen molar-refractivity contribution < 1.29 is 9.15 Å². The number of hydrogen-bond donors (Lipinski definition) is 0. The van der Waals surface area contributed by atoms with Crippen LogP contribution >= 0.6 is 0 Å². The number of fused-ring (bicyclic) bond motifs is 1. The Morgan fingerprint density at radius 1 is 1.38 bits per heavy atom. The lowest BCUT2D eigenvalue weighted by Gasteiger charge is -2.04. The normalized spacial score (nSPS) is 10.1. The van der Waals surface area contributed by atoms with E-state index in [0.29, 0.717) is 27.8 Å². The molecule has 16 heavy (non-hydrogen) atoms. The van der Waals surface area contributed by atoms with Gasteiger partial charge in [0, 0.05) is 17.0 Å². The van der Waals surface area contributed by atoms with Crippen LogP contribution in [0.2, 0.25) is 0 Å². The third-order valence-corrected chi connectivity index (χ3v) is 2.36. The lowest BCUT2D eigenvalue weighted by Crippen LogP contribution is -2.02. The fraction of sp³-hybridized carbons (Fsp3) is 0.167. The first-order valence-corrected chi connectivity index (χ1v) is 4.68. The average Bonchev–Trinajstić information content (AvgIpc) is 2.29. The lowest BCUT2D eigenvalue weighted by molar-refractivity contribution is 0.414. The predicted octanol–water partition coefficient (Wildman–Crippen LogP) is 1.98. The lowest BCUT2D eigenvalue weighted by atomic mass is 10.1. The monoisotopic (exact) mass is 215 g/mol. The maximum Gasteiger partial charge on any atom is 0.339 e. The van der Waals surface area contributed by atoms with Gasteiger partial charge in [-0.2, -0.15) is 5.26 Å². The van der Waals surface area contributed by atoms with Crippen LogP contribution in [0.3, 0.4) is 0 Å². The molecular formula is C12H9NO3. The van der Waals surface area contributed by atoms with Crippen LogP contribution < -0.4 is 10.4 Å². The quantitative estimate of drug-likeness (QED) is 0.682. The van der Waals surface area contributed by atoms with Gasteiger partial charge in [-0.3, -0.25) is 0 Å². The Balaban J connectivity index is 2.91. The van der Waals surface area contributed by atoms with E-state index in [1.165, 1.54) is 7.11 Å². The Labute approximate surface area is 91.7 Å². The minimum Gasteiger partial charge on any atom is -0.497 e. The summed E-state index contributed by atoms with van der Waals surface area (Å²) in [5.41, 5.74) is 0.881. The summed E-state index contributed by atoms with van der Waals surface area (Å²) in [4.78, 5) is 11.3. The molecule has 0 radical (unpaired) electrons. The van der Waals surface area contributed by atoms with E-state index in [2.05, 4.69) is 0 Å². The predicted molar refractivity (Wildman–Crippen MR) is 58.5 cm³/mol. The molecule has 0 aliphatic heterocycles. The van der Waals surface area contributed by atoms with Gasteiger partial charge in [0.2, 0.25) is 0 Å². The largest absolute Gasteiger partial charge is 0.497 e. The summed E-state index contributed by atoms with van der Waals surface area (Å²) >= 11 is 0. The number of methoxy groups -OCH3 is 1. The first kappa shape index (κ1) is 10.2. The molecule has 0 spiro atoms. The van der Waals surface area contributed by atoms with Crippen LogP contribution in [0.15, 0.2) is 27.4 Å². The van der Waals surface area contributed by atoms with Crippen molar-refractivity contribution in [1.82, 2.24) is 0 Å². The van der Waals surface area contributed by atoms with Gasteiger partial charge in [-0.1, -0.05) is 0 Å². The van der Waals surface area contributed by atoms with Gasteiger partial charge in [0.05, 0.1) is 12.7 Å². The Kier molecular flexibility index (Phi) is 2.37. The van der Waals surface area contributed by atoms with E-state index in [4.69, 9.17) is 14.4 Å². The van der Waals surface area contributed by atoms with Crippen LogP contribution in [0.25, 0.3) is 11.0 Å². The standard InChI is InChI=1S/C12H9NO3/c1-7-3-10-8(6-13)4-9(15-2)5-11(10)16-12(7)14/h3-5H,1-2H3. The zero-order chi connectivity index (χ0) is 11.7. The molecule has 4 heteroatoms. The highest BCUT2D eigenvalue weighted by Crippen LogP contribution is 2.24. The smallest absolute Gasteiger partial charge is 0.339 e. The summed E-state index contributed by atoms with van der Waals surface area (Å²) < 4.78 is 10.1. The molecule has 0 amide bonds. The molecule has 1 heterocycles. The molecule has 0 fully saturated rings. The fourth-order valence-corrected chi connectivity index (χ4v) is 1.50. The van der Waals surface area contributed by atoms with Crippen molar-refractivity contribution >= 4 is 11.0 Å². The molecular weight excluding hydrogens is 206 g/mol. The van der Waals surface area contributed by atoms with Gasteiger partial charge in [0.15, 0.2) is 0 Å². The molecule has 0 saturated carbocycles. The molecule has 80 valence electrons. The SMILES string of the molecule is COc1cc(C#N)c2cc(C)c(=O)oc2c1. The Morgan fingerprint density at radius 3 is 2.75 bits per heavy atom. The summed E-state index contributed by atoms with van der Waals surface area (Å²) in [6, 6.07) is 6.91. The van der Waals surface area contributed by atoms with Crippen molar-refractivity contribution in [2.75, 3.05) is 7.11 Å². The van der Waals surface area contributed by atoms with Crippen LogP contribution in [-0.2, 0) is 0 Å². The minimum absolute atomic E-state index is 0.367. The maximum atomic E-state index is 11.3. The third kappa shape index (κ3) is 1.52. The van der Waals surface area contributed by atoms with E-state index in [0.717, 1.165) is 0 Å². The topological polar surface area (TPSA) is 63.2 Å². The van der Waals surface area contributed by atoms with E-state index >= 15 is 0 Å². The molecule has 4 nitrogen and oxygen atoms in total. The van der Waals surface area contributed by atoms with Gasteiger partial charge < -0.3 is 9.15 Å². The zero-order valence-electron chi connectivity index (χ0n) is 8.90. The highest BCUT2D eigenvalue weighted by atomic mass is 16.5. The number of ether oxygens (including phenoxy) is 1. The number of nitriles is 1. The summed E-state index contributed by atoms with van der Waals surface area (Å²) in [6.45, 7) is 1.65. The van der Waals surface area contributed by atoms with Gasteiger partial charge in [-0.15, -0.1) is 0 Å². The minimum atomic E-state index is -0.398. The van der Waals surface area contributed by atoms with E-state index < -0.39 is 5.63 Å². The number of nitrogens with zero attached hydrogens (tertiary/aromatic N) is 1. The number of benzene rings is 1. The Morgan fingerprint density at radius 2 is 2.12 bits per heavy atom. The van der Waals surface area contributed by atoms with Crippen LogP contribution in [0, 0.1) is 18.3 Å². The van der Waals surface area contributed by atoms with Crippen LogP contribution in [0.4, 0.5) is 0 Å². The van der Waals surface area contributed by atoms with Crippen LogP contribution in [0.1, 0.15) is 11.1 Å². The van der Waals surface area contributed by atoms with Gasteiger partial charge in [-0.25, -0.2) is 4.79 Å². The highest BCUT2D eigenvalue weighted by molar-refractivity contribution is 5.85. The summed E-state index contributed by atoms with van der Waals surface area (Å²) in [5, 5.41) is 9.62. The molecule has 0 unspecified atom stereocenters. The molecule has 0 aliphatic carbocycles. The Bertz CT molecular complexity index is 650. The second-order valence-corrected chi connectivity index (χ2v) is 3.42. The summed E-state index contributed by atoms with van der Waals surface area (Å²) in [6.07, 6.45) is 0. The second-order valence-electron chi connectivity index (χ2n) is 3.42. The van der Waals surface area contributed by atoms with Crippen LogP contribution in [-0.4, -0.2) is 7.11 Å². The number of hydrogen-bond acceptors (Lipinski definition) is 4. The number of rotatable bonds is 1. The molecule has 0 N–H and O–H groups in total. The van der Waals surface area contributed by atoms with Gasteiger partial charge >= 0.3 is 5.63 Å². The van der Waals surface area contributed by atoms with Gasteiger partial charge in [-0.05, 0) is 19.1 Å². The molecule has 0 atom stereocenters.